The van der Waals surface area contributed by atoms with Crippen molar-refractivity contribution < 1.29 is 14.6 Å². The number of aromatic hydroxyl groups is 1. The second-order valence-corrected chi connectivity index (χ2v) is 3.36. The standard InChI is InChI=1S/C12H17NO3/c1-4-13(5-2)12(15)10-8-9(14)6-7-11(10)16-3/h6-8,14H,4-5H2,1-3H3. The predicted molar refractivity (Wildman–Crippen MR) is 61.9 cm³/mol. The van der Waals surface area contributed by atoms with Gasteiger partial charge in [-0.25, -0.2) is 0 Å². The molecule has 0 aliphatic rings. The van der Waals surface area contributed by atoms with Crippen LogP contribution in [0.1, 0.15) is 24.2 Å². The molecular weight excluding hydrogens is 206 g/mol. The van der Waals surface area contributed by atoms with Crippen LogP contribution in [0.5, 0.6) is 11.5 Å². The molecule has 0 bridgehead atoms. The van der Waals surface area contributed by atoms with Crippen LogP contribution in [0.4, 0.5) is 0 Å². The van der Waals surface area contributed by atoms with Crippen molar-refractivity contribution in [2.24, 2.45) is 0 Å². The van der Waals surface area contributed by atoms with Crippen LogP contribution in [0, 0.1) is 0 Å². The Kier molecular flexibility index (Phi) is 4.17. The number of methoxy groups -OCH3 is 1. The number of nitrogens with zero attached hydrogens (tertiary/aromatic N) is 1. The lowest BCUT2D eigenvalue weighted by Crippen LogP contribution is -2.30. The van der Waals surface area contributed by atoms with E-state index in [2.05, 4.69) is 0 Å². The Bertz CT molecular complexity index is 373. The molecule has 0 unspecified atom stereocenters. The van der Waals surface area contributed by atoms with E-state index in [4.69, 9.17) is 4.74 Å². The number of carbonyl (C=O) groups excluding carboxylic acids is 1. The highest BCUT2D eigenvalue weighted by Gasteiger charge is 2.17. The number of hydrogen-bond acceptors (Lipinski definition) is 3. The van der Waals surface area contributed by atoms with Gasteiger partial charge in [0, 0.05) is 13.1 Å². The van der Waals surface area contributed by atoms with Gasteiger partial charge in [0.2, 0.25) is 0 Å². The number of hydrogen-bond donors (Lipinski definition) is 1. The molecule has 0 fully saturated rings. The molecule has 4 nitrogen and oxygen atoms in total. The number of carbonyl (C=O) groups is 1. The largest absolute Gasteiger partial charge is 0.508 e. The number of ether oxygens (including phenoxy) is 1. The summed E-state index contributed by atoms with van der Waals surface area (Å²) in [6.45, 7) is 5.09. The van der Waals surface area contributed by atoms with Gasteiger partial charge in [0.15, 0.2) is 0 Å². The predicted octanol–water partition coefficient (Wildman–Crippen LogP) is 1.88. The van der Waals surface area contributed by atoms with Crippen molar-refractivity contribution in [3.05, 3.63) is 23.8 Å². The first-order valence-corrected chi connectivity index (χ1v) is 5.30. The molecule has 0 radical (unpaired) electrons. The molecule has 1 aromatic carbocycles. The van der Waals surface area contributed by atoms with Gasteiger partial charge < -0.3 is 14.7 Å². The van der Waals surface area contributed by atoms with E-state index in [0.717, 1.165) is 0 Å². The third-order valence-corrected chi connectivity index (χ3v) is 2.46. The smallest absolute Gasteiger partial charge is 0.257 e. The molecular formula is C12H17NO3. The molecule has 0 saturated carbocycles. The van der Waals surface area contributed by atoms with Crippen LogP contribution in [0.15, 0.2) is 18.2 Å². The first-order valence-electron chi connectivity index (χ1n) is 5.30. The summed E-state index contributed by atoms with van der Waals surface area (Å²) in [6, 6.07) is 4.52. The lowest BCUT2D eigenvalue weighted by molar-refractivity contribution is 0.0769. The fourth-order valence-electron chi connectivity index (χ4n) is 1.54. The van der Waals surface area contributed by atoms with Gasteiger partial charge in [0.05, 0.1) is 12.7 Å². The summed E-state index contributed by atoms with van der Waals surface area (Å²) in [4.78, 5) is 13.8. The van der Waals surface area contributed by atoms with Gasteiger partial charge >= 0.3 is 0 Å². The van der Waals surface area contributed by atoms with Crippen LogP contribution in [-0.2, 0) is 0 Å². The van der Waals surface area contributed by atoms with E-state index in [9.17, 15) is 9.90 Å². The molecule has 0 spiro atoms. The van der Waals surface area contributed by atoms with Crippen molar-refractivity contribution in [2.75, 3.05) is 20.2 Å². The minimum Gasteiger partial charge on any atom is -0.508 e. The van der Waals surface area contributed by atoms with E-state index >= 15 is 0 Å². The Labute approximate surface area is 95.5 Å². The molecule has 0 atom stereocenters. The number of rotatable bonds is 4. The summed E-state index contributed by atoms with van der Waals surface area (Å²) < 4.78 is 5.10. The fraction of sp³-hybridized carbons (Fsp3) is 0.417. The highest BCUT2D eigenvalue weighted by Crippen LogP contribution is 2.24. The molecule has 0 aliphatic heterocycles. The maximum atomic E-state index is 12.1. The van der Waals surface area contributed by atoms with Crippen molar-refractivity contribution in [3.8, 4) is 11.5 Å². The highest BCUT2D eigenvalue weighted by molar-refractivity contribution is 5.97. The van der Waals surface area contributed by atoms with Gasteiger partial charge in [0.1, 0.15) is 11.5 Å². The van der Waals surface area contributed by atoms with Crippen molar-refractivity contribution in [1.29, 1.82) is 0 Å². The zero-order valence-corrected chi connectivity index (χ0v) is 9.86. The van der Waals surface area contributed by atoms with Crippen LogP contribution in [0.3, 0.4) is 0 Å². The van der Waals surface area contributed by atoms with E-state index in [1.54, 1.807) is 11.0 Å². The summed E-state index contributed by atoms with van der Waals surface area (Å²) >= 11 is 0. The fourth-order valence-corrected chi connectivity index (χ4v) is 1.54. The van der Waals surface area contributed by atoms with Crippen molar-refractivity contribution in [3.63, 3.8) is 0 Å². The highest BCUT2D eigenvalue weighted by atomic mass is 16.5. The third kappa shape index (κ3) is 2.45. The average molecular weight is 223 g/mol. The van der Waals surface area contributed by atoms with E-state index < -0.39 is 0 Å². The van der Waals surface area contributed by atoms with Crippen LogP contribution in [0.25, 0.3) is 0 Å². The normalized spacial score (nSPS) is 9.94. The van der Waals surface area contributed by atoms with Gasteiger partial charge in [-0.15, -0.1) is 0 Å². The SMILES string of the molecule is CCN(CC)C(=O)c1cc(O)ccc1OC. The number of phenols is 1. The van der Waals surface area contributed by atoms with E-state index in [1.165, 1.54) is 19.2 Å². The Morgan fingerprint density at radius 3 is 2.50 bits per heavy atom. The van der Waals surface area contributed by atoms with Crippen molar-refractivity contribution >= 4 is 5.91 Å². The second kappa shape index (κ2) is 5.39. The Morgan fingerprint density at radius 2 is 2.00 bits per heavy atom. The molecule has 88 valence electrons. The first kappa shape index (κ1) is 12.4. The molecule has 0 saturated heterocycles. The van der Waals surface area contributed by atoms with Gasteiger partial charge in [-0.05, 0) is 32.0 Å². The zero-order valence-electron chi connectivity index (χ0n) is 9.86. The van der Waals surface area contributed by atoms with Crippen LogP contribution in [0.2, 0.25) is 0 Å². The molecule has 0 heterocycles. The summed E-state index contributed by atoms with van der Waals surface area (Å²) in [5, 5.41) is 9.38. The molecule has 0 aromatic heterocycles. The maximum absolute atomic E-state index is 12.1. The summed E-state index contributed by atoms with van der Waals surface area (Å²) in [6.07, 6.45) is 0. The quantitative estimate of drug-likeness (QED) is 0.847. The minimum atomic E-state index is -0.127. The number of phenolic OH excluding ortho intramolecular Hbond substituents is 1. The summed E-state index contributed by atoms with van der Waals surface area (Å²) in [5.74, 6) is 0.420. The molecule has 1 N–H and O–H groups in total. The van der Waals surface area contributed by atoms with Crippen LogP contribution >= 0.6 is 0 Å². The van der Waals surface area contributed by atoms with Gasteiger partial charge in [-0.2, -0.15) is 0 Å². The summed E-state index contributed by atoms with van der Waals surface area (Å²) in [5.41, 5.74) is 0.395. The third-order valence-electron chi connectivity index (χ3n) is 2.46. The van der Waals surface area contributed by atoms with E-state index in [1.807, 2.05) is 13.8 Å². The van der Waals surface area contributed by atoms with Gasteiger partial charge in [-0.1, -0.05) is 0 Å². The van der Waals surface area contributed by atoms with Crippen LogP contribution < -0.4 is 4.74 Å². The average Bonchev–Trinajstić information content (AvgIpc) is 2.30. The van der Waals surface area contributed by atoms with Crippen molar-refractivity contribution in [1.82, 2.24) is 4.90 Å². The summed E-state index contributed by atoms with van der Waals surface area (Å²) in [7, 11) is 1.51. The first-order chi connectivity index (χ1) is 7.63. The Hall–Kier alpha value is -1.71. The van der Waals surface area contributed by atoms with E-state index in [-0.39, 0.29) is 11.7 Å². The molecule has 16 heavy (non-hydrogen) atoms. The topological polar surface area (TPSA) is 49.8 Å². The number of amides is 1. The second-order valence-electron chi connectivity index (χ2n) is 3.36. The van der Waals surface area contributed by atoms with Gasteiger partial charge in [-0.3, -0.25) is 4.79 Å². The lowest BCUT2D eigenvalue weighted by Gasteiger charge is -2.20. The zero-order chi connectivity index (χ0) is 12.1. The number of benzene rings is 1. The molecule has 0 aliphatic carbocycles. The Morgan fingerprint density at radius 1 is 1.38 bits per heavy atom. The van der Waals surface area contributed by atoms with Crippen LogP contribution in [-0.4, -0.2) is 36.1 Å². The van der Waals surface area contributed by atoms with Gasteiger partial charge in [0.25, 0.3) is 5.91 Å². The maximum Gasteiger partial charge on any atom is 0.257 e. The molecule has 1 amide bonds. The van der Waals surface area contributed by atoms with E-state index in [0.29, 0.717) is 24.4 Å². The molecule has 4 heteroatoms. The minimum absolute atomic E-state index is 0.0660. The molecule has 1 rings (SSSR count). The Balaban J connectivity index is 3.10. The molecule has 1 aromatic rings. The van der Waals surface area contributed by atoms with Crippen molar-refractivity contribution in [2.45, 2.75) is 13.8 Å². The monoisotopic (exact) mass is 223 g/mol. The lowest BCUT2D eigenvalue weighted by atomic mass is 10.1.